The number of carbonyl (C=O) groups excluding carboxylic acids is 2. The molecule has 0 aromatic heterocycles. The molecule has 2 amide bonds. The molecule has 3 aliphatic rings. The number of aryl methyl sites for hydroxylation is 1. The Morgan fingerprint density at radius 2 is 2.10 bits per heavy atom. The number of nitrogens with zero attached hydrogens (tertiary/aromatic N) is 3. The van der Waals surface area contributed by atoms with Gasteiger partial charge in [-0.05, 0) is 75.2 Å². The first-order valence-corrected chi connectivity index (χ1v) is 17.0. The monoisotopic (exact) mass is 720 g/mol. The average molecular weight is 721 g/mol. The van der Waals surface area contributed by atoms with Crippen molar-refractivity contribution >= 4 is 60.2 Å². The van der Waals surface area contributed by atoms with Gasteiger partial charge in [-0.25, -0.2) is 4.79 Å². The molecule has 3 unspecified atom stereocenters. The normalized spacial score (nSPS) is 22.4. The fourth-order valence-electron chi connectivity index (χ4n) is 5.34. The average Bonchev–Trinajstić information content (AvgIpc) is 3.06. The molecule has 1 aromatic rings. The minimum atomic E-state index is -2.05. The number of nitrogens with one attached hydrogen (secondary N) is 3. The minimum Gasteiger partial charge on any atom is -0.485 e. The fraction of sp³-hybridized carbons (Fsp3) is 0.516. The van der Waals surface area contributed by atoms with Crippen molar-refractivity contribution in [2.75, 3.05) is 32.7 Å². The molecule has 1 aromatic carbocycles. The number of amides is 2. The Morgan fingerprint density at radius 1 is 1.35 bits per heavy atom. The van der Waals surface area contributed by atoms with E-state index in [0.29, 0.717) is 24.6 Å². The van der Waals surface area contributed by atoms with E-state index in [9.17, 15) is 19.5 Å². The van der Waals surface area contributed by atoms with Crippen LogP contribution in [0.1, 0.15) is 44.7 Å². The van der Waals surface area contributed by atoms with E-state index in [1.807, 2.05) is 24.5 Å². The molecule has 18 heteroatoms. The van der Waals surface area contributed by atoms with Crippen molar-refractivity contribution in [2.45, 2.75) is 63.3 Å². The minimum absolute atomic E-state index is 0.0115. The lowest BCUT2D eigenvalue weighted by molar-refractivity contribution is -0.214. The number of benzene rings is 1. The van der Waals surface area contributed by atoms with Gasteiger partial charge in [-0.3, -0.25) is 14.6 Å². The number of aliphatic imine (C=N–C) groups is 1. The van der Waals surface area contributed by atoms with E-state index in [1.54, 1.807) is 19.9 Å². The number of hydrogen-bond donors (Lipinski definition) is 8. The second-order valence-corrected chi connectivity index (χ2v) is 13.1. The van der Waals surface area contributed by atoms with Gasteiger partial charge in [0.05, 0.1) is 11.2 Å². The Morgan fingerprint density at radius 3 is 2.71 bits per heavy atom. The maximum absolute atomic E-state index is 13.2. The molecule has 3 heterocycles. The van der Waals surface area contributed by atoms with Crippen molar-refractivity contribution in [3.63, 3.8) is 0 Å². The number of oxime groups is 1. The first-order valence-electron chi connectivity index (χ1n) is 15.7. The van der Waals surface area contributed by atoms with Gasteiger partial charge in [0.2, 0.25) is 0 Å². The van der Waals surface area contributed by atoms with Crippen molar-refractivity contribution < 1.29 is 37.9 Å². The number of carboxylic acids is 1. The highest BCUT2D eigenvalue weighted by molar-refractivity contribution is 7.88. The first-order chi connectivity index (χ1) is 23.4. The number of rotatable bonds is 17. The van der Waals surface area contributed by atoms with Crippen molar-refractivity contribution in [2.24, 2.45) is 27.5 Å². The third kappa shape index (κ3) is 8.68. The Hall–Kier alpha value is -3.81. The number of allylic oxidation sites excluding steroid dienone is 1. The molecule has 49 heavy (non-hydrogen) atoms. The van der Waals surface area contributed by atoms with Crippen LogP contribution in [0.5, 0.6) is 5.75 Å². The van der Waals surface area contributed by atoms with E-state index in [0.717, 1.165) is 59.8 Å². The highest BCUT2D eigenvalue weighted by Crippen LogP contribution is 2.36. The largest absolute Gasteiger partial charge is 0.485 e. The Labute approximate surface area is 294 Å². The van der Waals surface area contributed by atoms with E-state index < -0.39 is 46.8 Å². The maximum atomic E-state index is 13.2. The van der Waals surface area contributed by atoms with Gasteiger partial charge in [0.1, 0.15) is 11.8 Å². The van der Waals surface area contributed by atoms with Crippen LogP contribution in [-0.2, 0) is 29.9 Å². The second-order valence-electron chi connectivity index (χ2n) is 12.6. The van der Waals surface area contributed by atoms with Crippen LogP contribution >= 0.6 is 25.0 Å². The summed E-state index contributed by atoms with van der Waals surface area (Å²) in [5, 5.41) is 25.2. The quantitative estimate of drug-likeness (QED) is 0.0281. The topological polar surface area (TPSA) is 235 Å². The molecule has 3 aliphatic heterocycles. The van der Waals surface area contributed by atoms with Gasteiger partial charge in [-0.2, -0.15) is 9.35 Å². The number of β-lactam (4-membered cyclic amide) rings is 1. The lowest BCUT2D eigenvalue weighted by atomic mass is 9.84. The van der Waals surface area contributed by atoms with Gasteiger partial charge < -0.3 is 46.7 Å². The maximum Gasteiger partial charge on any atom is 0.354 e. The van der Waals surface area contributed by atoms with Gasteiger partial charge in [-0.1, -0.05) is 11.2 Å². The van der Waals surface area contributed by atoms with Crippen LogP contribution in [0, 0.1) is 5.92 Å². The smallest absolute Gasteiger partial charge is 0.354 e. The van der Waals surface area contributed by atoms with Crippen LogP contribution in [0.3, 0.4) is 0 Å². The predicted molar refractivity (Wildman–Crippen MR) is 189 cm³/mol. The van der Waals surface area contributed by atoms with Crippen molar-refractivity contribution in [3.05, 3.63) is 46.6 Å². The van der Waals surface area contributed by atoms with Crippen LogP contribution < -0.4 is 32.2 Å². The summed E-state index contributed by atoms with van der Waals surface area (Å²) in [4.78, 5) is 48.6. The van der Waals surface area contributed by atoms with Crippen LogP contribution in [0.15, 0.2) is 45.7 Å². The van der Waals surface area contributed by atoms with Gasteiger partial charge in [0, 0.05) is 50.1 Å². The highest BCUT2D eigenvalue weighted by Gasteiger charge is 2.57. The van der Waals surface area contributed by atoms with Gasteiger partial charge >= 0.3 is 5.97 Å². The van der Waals surface area contributed by atoms with Crippen molar-refractivity contribution in [1.29, 1.82) is 0 Å². The summed E-state index contributed by atoms with van der Waals surface area (Å²) in [6.07, 6.45) is 4.32. The fourth-order valence-corrected chi connectivity index (χ4v) is 5.79. The van der Waals surface area contributed by atoms with Crippen molar-refractivity contribution in [3.8, 4) is 5.75 Å². The van der Waals surface area contributed by atoms with Gasteiger partial charge in [-0.15, -0.1) is 12.6 Å². The van der Waals surface area contributed by atoms with Crippen LogP contribution in [0.2, 0.25) is 0 Å². The van der Waals surface area contributed by atoms with Crippen LogP contribution in [-0.4, -0.2) is 100 Å². The highest BCUT2D eigenvalue weighted by atomic mass is 32.2. The molecule has 0 radical (unpaired) electrons. The lowest BCUT2D eigenvalue weighted by Crippen LogP contribution is -2.76. The number of hydroxylamine groups is 2. The van der Waals surface area contributed by atoms with E-state index in [1.165, 1.54) is 6.92 Å². The molecule has 2 fully saturated rings. The van der Waals surface area contributed by atoms with E-state index >= 15 is 0 Å². The number of aliphatic carboxylic acids is 1. The molecule has 4 rings (SSSR count). The summed E-state index contributed by atoms with van der Waals surface area (Å²) in [7, 11) is 0. The number of nitrogens with two attached hydrogens (primary N) is 2. The lowest BCUT2D eigenvalue weighted by Gasteiger charge is -2.50. The summed E-state index contributed by atoms with van der Waals surface area (Å²) in [5.41, 5.74) is 10.5. The first kappa shape index (κ1) is 38.0. The molecular formula is C31H44N8O8S2. The Kier molecular flexibility index (Phi) is 13.0. The molecule has 9 N–H and O–H groups in total. The molecule has 0 aliphatic carbocycles. The van der Waals surface area contributed by atoms with Gasteiger partial charge in [0.25, 0.3) is 17.4 Å². The zero-order valence-electron chi connectivity index (χ0n) is 27.5. The number of carboxylic acid groups (broad SMARTS) is 1. The molecule has 3 atom stereocenters. The van der Waals surface area contributed by atoms with Crippen LogP contribution in [0.25, 0.3) is 5.57 Å². The van der Waals surface area contributed by atoms with E-state index in [-0.39, 0.29) is 24.4 Å². The Balaban J connectivity index is 1.51. The molecule has 2 saturated heterocycles. The number of carbonyl (C=O) groups is 3. The number of thiol groups is 1. The summed E-state index contributed by atoms with van der Waals surface area (Å²) < 4.78 is 20.0. The van der Waals surface area contributed by atoms with Gasteiger partial charge in [0.15, 0.2) is 24.1 Å². The third-order valence-corrected chi connectivity index (χ3v) is 9.13. The summed E-state index contributed by atoms with van der Waals surface area (Å²) in [5.74, 6) is -1.93. The molecule has 0 saturated carbocycles. The van der Waals surface area contributed by atoms with Crippen molar-refractivity contribution in [1.82, 2.24) is 21.0 Å². The third-order valence-electron chi connectivity index (χ3n) is 8.64. The number of ether oxygens (including phenoxy) is 1. The molecular weight excluding hydrogens is 677 g/mol. The zero-order chi connectivity index (χ0) is 35.8. The standard InChI is InChI=1S/C31H44N8O8S2/c1-30(2)26(28(41)39(30)47-49-44)37-27(40)25(22(33)17-48)38-46-31(3,29(42)43)24-8-6-20-11-19(5-7-23(20)45-24)21(15-34-10-4-9-32)16-36-14-18-12-35-13-18/h5,7,11,15-18,24,26,34-35,44,48H,4,6,8-10,12-14,32-33H2,1-3H3,(H,37,40)(H,42,43)/b21-15+,22-17-,36-16+,38-25-. The molecule has 0 spiro atoms. The SMILES string of the molecule is CC(O/N=C(C(=O)NC1C(=O)N(OSO)C1(C)C)/C(N)=C/S)(C(=O)O)C1CCc2cc(C(=C/NCCCN)/C=N/CC3CNC3)ccc2O1. The second kappa shape index (κ2) is 16.7. The van der Waals surface area contributed by atoms with Crippen LogP contribution in [0.4, 0.5) is 0 Å². The number of hydrogen-bond acceptors (Lipinski definition) is 15. The molecule has 16 nitrogen and oxygen atoms in total. The molecule has 0 bridgehead atoms. The van der Waals surface area contributed by atoms with E-state index in [2.05, 4.69) is 38.7 Å². The summed E-state index contributed by atoms with van der Waals surface area (Å²) in [6.45, 7) is 8.44. The molecule has 268 valence electrons. The zero-order valence-corrected chi connectivity index (χ0v) is 29.3. The number of fused-ring (bicyclic) bond motifs is 1. The predicted octanol–water partition coefficient (Wildman–Crippen LogP) is 1.05. The Bertz CT molecular complexity index is 1520. The summed E-state index contributed by atoms with van der Waals surface area (Å²) >= 11 is 3.99. The summed E-state index contributed by atoms with van der Waals surface area (Å²) in [6, 6.07) is 4.58. The van der Waals surface area contributed by atoms with E-state index in [4.69, 9.17) is 29.9 Å².